The highest BCUT2D eigenvalue weighted by atomic mass is 35.5. The average Bonchev–Trinajstić information content (AvgIpc) is 2.46. The third-order valence-electron chi connectivity index (χ3n) is 3.02. The van der Waals surface area contributed by atoms with Crippen LogP contribution in [0.15, 0.2) is 54.6 Å². The Morgan fingerprint density at radius 1 is 1.11 bits per heavy atom. The number of benzene rings is 2. The number of hydrogen-bond donors (Lipinski definition) is 1. The molecule has 1 N–H and O–H groups in total. The summed E-state index contributed by atoms with van der Waals surface area (Å²) in [6.45, 7) is 2.06. The van der Waals surface area contributed by atoms with Gasteiger partial charge in [0, 0.05) is 10.6 Å². The lowest BCUT2D eigenvalue weighted by Crippen LogP contribution is -2.28. The molecule has 19 heavy (non-hydrogen) atoms. The Morgan fingerprint density at radius 2 is 1.74 bits per heavy atom. The van der Waals surface area contributed by atoms with Gasteiger partial charge in [-0.05, 0) is 36.2 Å². The standard InChI is InChI=1S/C16H16ClNO/c1-2-15(12-6-4-3-5-7-12)18-16(19)13-8-10-14(17)11-9-13/h3-11,15H,2H2,1H3,(H,18,19). The van der Waals surface area contributed by atoms with E-state index < -0.39 is 0 Å². The molecule has 0 aliphatic rings. The van der Waals surface area contributed by atoms with Gasteiger partial charge in [0.15, 0.2) is 0 Å². The van der Waals surface area contributed by atoms with Crippen molar-refractivity contribution >= 4 is 17.5 Å². The lowest BCUT2D eigenvalue weighted by molar-refractivity contribution is 0.0935. The van der Waals surface area contributed by atoms with Crippen LogP contribution in [0.1, 0.15) is 35.3 Å². The van der Waals surface area contributed by atoms with Crippen LogP contribution < -0.4 is 5.32 Å². The molecule has 0 aliphatic carbocycles. The van der Waals surface area contributed by atoms with Crippen LogP contribution in [-0.4, -0.2) is 5.91 Å². The van der Waals surface area contributed by atoms with E-state index in [2.05, 4.69) is 12.2 Å². The maximum atomic E-state index is 12.1. The number of amides is 1. The molecule has 0 bridgehead atoms. The minimum Gasteiger partial charge on any atom is -0.345 e. The van der Waals surface area contributed by atoms with E-state index in [4.69, 9.17) is 11.6 Å². The first kappa shape index (κ1) is 13.6. The van der Waals surface area contributed by atoms with Crippen LogP contribution in [0.4, 0.5) is 0 Å². The maximum Gasteiger partial charge on any atom is 0.251 e. The highest BCUT2D eigenvalue weighted by molar-refractivity contribution is 6.30. The summed E-state index contributed by atoms with van der Waals surface area (Å²) in [5.74, 6) is -0.0765. The summed E-state index contributed by atoms with van der Waals surface area (Å²) in [5.41, 5.74) is 1.74. The molecule has 0 saturated heterocycles. The van der Waals surface area contributed by atoms with E-state index in [1.165, 1.54) is 0 Å². The van der Waals surface area contributed by atoms with E-state index in [-0.39, 0.29) is 11.9 Å². The van der Waals surface area contributed by atoms with Crippen molar-refractivity contribution < 1.29 is 4.79 Å². The zero-order valence-corrected chi connectivity index (χ0v) is 11.5. The molecule has 0 fully saturated rings. The number of rotatable bonds is 4. The van der Waals surface area contributed by atoms with Gasteiger partial charge in [0.05, 0.1) is 6.04 Å². The highest BCUT2D eigenvalue weighted by Crippen LogP contribution is 2.17. The van der Waals surface area contributed by atoms with Crippen molar-refractivity contribution in [3.05, 3.63) is 70.7 Å². The summed E-state index contributed by atoms with van der Waals surface area (Å²) < 4.78 is 0. The van der Waals surface area contributed by atoms with Crippen molar-refractivity contribution in [2.75, 3.05) is 0 Å². The summed E-state index contributed by atoms with van der Waals surface area (Å²) in [6.07, 6.45) is 0.851. The van der Waals surface area contributed by atoms with Crippen molar-refractivity contribution in [1.29, 1.82) is 0 Å². The van der Waals surface area contributed by atoms with Gasteiger partial charge in [0.25, 0.3) is 5.91 Å². The molecule has 1 amide bonds. The number of nitrogens with one attached hydrogen (secondary N) is 1. The number of hydrogen-bond acceptors (Lipinski definition) is 1. The first-order valence-electron chi connectivity index (χ1n) is 6.32. The minimum absolute atomic E-state index is 0.0318. The van der Waals surface area contributed by atoms with Crippen LogP contribution in [0.5, 0.6) is 0 Å². The van der Waals surface area contributed by atoms with Gasteiger partial charge < -0.3 is 5.32 Å². The van der Waals surface area contributed by atoms with Crippen LogP contribution in [-0.2, 0) is 0 Å². The number of halogens is 1. The summed E-state index contributed by atoms with van der Waals surface area (Å²) in [4.78, 5) is 12.1. The van der Waals surface area contributed by atoms with Gasteiger partial charge in [-0.15, -0.1) is 0 Å². The van der Waals surface area contributed by atoms with Gasteiger partial charge >= 0.3 is 0 Å². The molecule has 2 nitrogen and oxygen atoms in total. The smallest absolute Gasteiger partial charge is 0.251 e. The molecule has 2 aromatic rings. The van der Waals surface area contributed by atoms with Crippen LogP contribution in [0, 0.1) is 0 Å². The van der Waals surface area contributed by atoms with Gasteiger partial charge in [-0.3, -0.25) is 4.79 Å². The summed E-state index contributed by atoms with van der Waals surface area (Å²) in [6, 6.07) is 16.9. The molecule has 3 heteroatoms. The highest BCUT2D eigenvalue weighted by Gasteiger charge is 2.13. The molecule has 98 valence electrons. The molecule has 0 radical (unpaired) electrons. The van der Waals surface area contributed by atoms with Gasteiger partial charge in [-0.1, -0.05) is 48.9 Å². The molecule has 0 aromatic heterocycles. The molecular weight excluding hydrogens is 258 g/mol. The zero-order valence-electron chi connectivity index (χ0n) is 10.8. The molecule has 2 aromatic carbocycles. The normalized spacial score (nSPS) is 11.9. The van der Waals surface area contributed by atoms with Crippen molar-refractivity contribution in [1.82, 2.24) is 5.32 Å². The van der Waals surface area contributed by atoms with Gasteiger partial charge in [0.2, 0.25) is 0 Å². The van der Waals surface area contributed by atoms with Crippen molar-refractivity contribution in [3.8, 4) is 0 Å². The van der Waals surface area contributed by atoms with E-state index >= 15 is 0 Å². The maximum absolute atomic E-state index is 12.1. The van der Waals surface area contributed by atoms with Crippen molar-refractivity contribution in [2.45, 2.75) is 19.4 Å². The molecule has 0 heterocycles. The predicted octanol–water partition coefficient (Wildman–Crippen LogP) is 4.22. The monoisotopic (exact) mass is 273 g/mol. The van der Waals surface area contributed by atoms with Crippen molar-refractivity contribution in [2.24, 2.45) is 0 Å². The number of carbonyl (C=O) groups is 1. The molecule has 1 unspecified atom stereocenters. The Morgan fingerprint density at radius 3 is 2.32 bits per heavy atom. The SMILES string of the molecule is CCC(NC(=O)c1ccc(Cl)cc1)c1ccccc1. The third-order valence-corrected chi connectivity index (χ3v) is 3.27. The Balaban J connectivity index is 2.10. The second-order valence-corrected chi connectivity index (χ2v) is 4.79. The lowest BCUT2D eigenvalue weighted by Gasteiger charge is -2.17. The van der Waals surface area contributed by atoms with E-state index in [9.17, 15) is 4.79 Å². The van der Waals surface area contributed by atoms with Crippen LogP contribution in [0.2, 0.25) is 5.02 Å². The van der Waals surface area contributed by atoms with Gasteiger partial charge in [0.1, 0.15) is 0 Å². The topological polar surface area (TPSA) is 29.1 Å². The Kier molecular flexibility index (Phi) is 4.58. The molecule has 0 spiro atoms. The van der Waals surface area contributed by atoms with Gasteiger partial charge in [-0.2, -0.15) is 0 Å². The van der Waals surface area contributed by atoms with Crippen LogP contribution in [0.3, 0.4) is 0 Å². The first-order chi connectivity index (χ1) is 9.20. The fourth-order valence-electron chi connectivity index (χ4n) is 1.95. The van der Waals surface area contributed by atoms with Gasteiger partial charge in [-0.25, -0.2) is 0 Å². The summed E-state index contributed by atoms with van der Waals surface area (Å²) >= 11 is 5.81. The molecule has 2 rings (SSSR count). The zero-order chi connectivity index (χ0) is 13.7. The third kappa shape index (κ3) is 3.58. The number of carbonyl (C=O) groups excluding carboxylic acids is 1. The van der Waals surface area contributed by atoms with Crippen LogP contribution >= 0.6 is 11.6 Å². The molecule has 0 aliphatic heterocycles. The van der Waals surface area contributed by atoms with E-state index in [1.807, 2.05) is 30.3 Å². The Bertz CT molecular complexity index is 536. The lowest BCUT2D eigenvalue weighted by atomic mass is 10.0. The van der Waals surface area contributed by atoms with Crippen LogP contribution in [0.25, 0.3) is 0 Å². The summed E-state index contributed by atoms with van der Waals surface area (Å²) in [7, 11) is 0. The fourth-order valence-corrected chi connectivity index (χ4v) is 2.08. The Labute approximate surface area is 118 Å². The molecule has 0 saturated carbocycles. The van der Waals surface area contributed by atoms with Crippen molar-refractivity contribution in [3.63, 3.8) is 0 Å². The van der Waals surface area contributed by atoms with E-state index in [1.54, 1.807) is 24.3 Å². The van der Waals surface area contributed by atoms with E-state index in [0.717, 1.165) is 12.0 Å². The largest absolute Gasteiger partial charge is 0.345 e. The first-order valence-corrected chi connectivity index (χ1v) is 6.70. The average molecular weight is 274 g/mol. The second-order valence-electron chi connectivity index (χ2n) is 4.35. The Hall–Kier alpha value is -1.80. The minimum atomic E-state index is -0.0765. The fraction of sp³-hybridized carbons (Fsp3) is 0.188. The quantitative estimate of drug-likeness (QED) is 0.888. The molecular formula is C16H16ClNO. The van der Waals surface area contributed by atoms with E-state index in [0.29, 0.717) is 10.6 Å². The summed E-state index contributed by atoms with van der Waals surface area (Å²) in [5, 5.41) is 3.67. The second kappa shape index (κ2) is 6.39. The predicted molar refractivity (Wildman–Crippen MR) is 78.4 cm³/mol. The molecule has 1 atom stereocenters.